The van der Waals surface area contributed by atoms with Crippen LogP contribution in [0.4, 0.5) is 5.69 Å². The van der Waals surface area contributed by atoms with Gasteiger partial charge in [0.25, 0.3) is 11.8 Å². The van der Waals surface area contributed by atoms with Gasteiger partial charge in [0.05, 0.1) is 5.56 Å². The van der Waals surface area contributed by atoms with E-state index in [0.717, 1.165) is 12.0 Å². The number of nitrogen functional groups attached to an aromatic ring is 1. The van der Waals surface area contributed by atoms with Crippen molar-refractivity contribution >= 4 is 41.2 Å². The van der Waals surface area contributed by atoms with Crippen LogP contribution < -0.4 is 5.73 Å². The fourth-order valence-electron chi connectivity index (χ4n) is 2.75. The number of anilines is 1. The van der Waals surface area contributed by atoms with E-state index < -0.39 is 0 Å². The van der Waals surface area contributed by atoms with Gasteiger partial charge >= 0.3 is 0 Å². The number of nitrogens with two attached hydrogens (primary N) is 1. The first-order valence-corrected chi connectivity index (χ1v) is 8.56. The standard InChI is InChI=1S/C17H19N3O2S.ClH/c18-15-4-1-3-13(11-15)16(21)19-6-2-7-20(9-8-19)17(22)14-5-10-23-12-14;/h1,3-5,10-12H,2,6-9,18H2;1H. The van der Waals surface area contributed by atoms with Crippen molar-refractivity contribution in [3.8, 4) is 0 Å². The third kappa shape index (κ3) is 4.07. The molecule has 24 heavy (non-hydrogen) atoms. The Labute approximate surface area is 151 Å². The molecule has 2 N–H and O–H groups in total. The number of benzene rings is 1. The minimum Gasteiger partial charge on any atom is -0.399 e. The second-order valence-electron chi connectivity index (χ2n) is 5.58. The average Bonchev–Trinajstić information content (AvgIpc) is 2.98. The van der Waals surface area contributed by atoms with E-state index in [-0.39, 0.29) is 24.2 Å². The van der Waals surface area contributed by atoms with E-state index >= 15 is 0 Å². The van der Waals surface area contributed by atoms with Gasteiger partial charge in [-0.2, -0.15) is 11.3 Å². The molecule has 0 unspecified atom stereocenters. The van der Waals surface area contributed by atoms with Crippen molar-refractivity contribution in [3.63, 3.8) is 0 Å². The topological polar surface area (TPSA) is 66.6 Å². The molecule has 1 saturated heterocycles. The van der Waals surface area contributed by atoms with Gasteiger partial charge in [0, 0.05) is 42.8 Å². The highest BCUT2D eigenvalue weighted by Crippen LogP contribution is 2.15. The van der Waals surface area contributed by atoms with Crippen molar-refractivity contribution < 1.29 is 9.59 Å². The molecule has 1 aliphatic rings. The Morgan fingerprint density at radius 2 is 1.62 bits per heavy atom. The second kappa shape index (κ2) is 8.17. The molecule has 0 bridgehead atoms. The maximum absolute atomic E-state index is 12.6. The molecule has 5 nitrogen and oxygen atoms in total. The van der Waals surface area contributed by atoms with Crippen LogP contribution in [0.5, 0.6) is 0 Å². The van der Waals surface area contributed by atoms with E-state index in [2.05, 4.69) is 0 Å². The number of hydrogen-bond donors (Lipinski definition) is 1. The molecule has 0 spiro atoms. The van der Waals surface area contributed by atoms with Crippen molar-refractivity contribution in [2.24, 2.45) is 0 Å². The van der Waals surface area contributed by atoms with Crippen LogP contribution in [0, 0.1) is 0 Å². The second-order valence-corrected chi connectivity index (χ2v) is 6.36. The summed E-state index contributed by atoms with van der Waals surface area (Å²) < 4.78 is 0. The van der Waals surface area contributed by atoms with E-state index in [0.29, 0.717) is 37.4 Å². The lowest BCUT2D eigenvalue weighted by molar-refractivity contribution is 0.0719. The average molecular weight is 366 g/mol. The molecule has 1 aromatic carbocycles. The van der Waals surface area contributed by atoms with Gasteiger partial charge in [-0.05, 0) is 36.1 Å². The number of hydrogen-bond acceptors (Lipinski definition) is 4. The molecule has 0 saturated carbocycles. The maximum Gasteiger partial charge on any atom is 0.254 e. The van der Waals surface area contributed by atoms with Crippen LogP contribution in [0.1, 0.15) is 27.1 Å². The number of rotatable bonds is 2. The van der Waals surface area contributed by atoms with Gasteiger partial charge in [0.2, 0.25) is 0 Å². The summed E-state index contributed by atoms with van der Waals surface area (Å²) in [7, 11) is 0. The molecule has 128 valence electrons. The van der Waals surface area contributed by atoms with Crippen LogP contribution in [0.15, 0.2) is 41.1 Å². The summed E-state index contributed by atoms with van der Waals surface area (Å²) >= 11 is 1.52. The molecule has 3 rings (SSSR count). The molecule has 2 heterocycles. The van der Waals surface area contributed by atoms with E-state index in [4.69, 9.17) is 5.73 Å². The monoisotopic (exact) mass is 365 g/mol. The number of halogens is 1. The molecule has 0 radical (unpaired) electrons. The molecule has 1 aliphatic heterocycles. The van der Waals surface area contributed by atoms with Crippen LogP contribution >= 0.6 is 23.7 Å². The minimum atomic E-state index is -0.0258. The number of nitrogens with zero attached hydrogens (tertiary/aromatic N) is 2. The number of carbonyl (C=O) groups excluding carboxylic acids is 2. The quantitative estimate of drug-likeness (QED) is 0.832. The van der Waals surface area contributed by atoms with Gasteiger partial charge < -0.3 is 15.5 Å². The van der Waals surface area contributed by atoms with Gasteiger partial charge in [-0.15, -0.1) is 12.4 Å². The number of amides is 2. The predicted octanol–water partition coefficient (Wildman–Crippen LogP) is 2.74. The van der Waals surface area contributed by atoms with Crippen LogP contribution in [-0.4, -0.2) is 47.8 Å². The Balaban J connectivity index is 0.00000208. The molecule has 7 heteroatoms. The summed E-state index contributed by atoms with van der Waals surface area (Å²) in [5, 5.41) is 3.77. The fraction of sp³-hybridized carbons (Fsp3) is 0.294. The highest BCUT2D eigenvalue weighted by molar-refractivity contribution is 7.08. The molecular weight excluding hydrogens is 346 g/mol. The van der Waals surface area contributed by atoms with Gasteiger partial charge in [0.15, 0.2) is 0 Å². The zero-order valence-corrected chi connectivity index (χ0v) is 14.8. The highest BCUT2D eigenvalue weighted by atomic mass is 35.5. The van der Waals surface area contributed by atoms with Gasteiger partial charge in [-0.3, -0.25) is 9.59 Å². The van der Waals surface area contributed by atoms with Crippen molar-refractivity contribution in [1.82, 2.24) is 9.80 Å². The van der Waals surface area contributed by atoms with Gasteiger partial charge in [-0.25, -0.2) is 0 Å². The zero-order valence-electron chi connectivity index (χ0n) is 13.2. The van der Waals surface area contributed by atoms with E-state index in [1.165, 1.54) is 11.3 Å². The summed E-state index contributed by atoms with van der Waals surface area (Å²) in [6.07, 6.45) is 0.782. The van der Waals surface area contributed by atoms with E-state index in [1.807, 2.05) is 21.7 Å². The van der Waals surface area contributed by atoms with E-state index in [1.54, 1.807) is 29.2 Å². The molecule has 0 atom stereocenters. The third-order valence-electron chi connectivity index (χ3n) is 3.97. The first kappa shape index (κ1) is 18.3. The number of carbonyl (C=O) groups is 2. The van der Waals surface area contributed by atoms with Crippen LogP contribution in [-0.2, 0) is 0 Å². The fourth-order valence-corrected chi connectivity index (χ4v) is 3.38. The molecule has 0 aliphatic carbocycles. The molecule has 1 aromatic heterocycles. The lowest BCUT2D eigenvalue weighted by Gasteiger charge is -2.22. The first-order chi connectivity index (χ1) is 11.1. The van der Waals surface area contributed by atoms with Crippen molar-refractivity contribution in [3.05, 3.63) is 52.2 Å². The summed E-state index contributed by atoms with van der Waals surface area (Å²) in [6, 6.07) is 8.86. The first-order valence-electron chi connectivity index (χ1n) is 7.61. The molecule has 1 fully saturated rings. The third-order valence-corrected chi connectivity index (χ3v) is 4.66. The lowest BCUT2D eigenvalue weighted by Crippen LogP contribution is -2.37. The predicted molar refractivity (Wildman–Crippen MR) is 98.8 cm³/mol. The Morgan fingerprint density at radius 3 is 2.21 bits per heavy atom. The Hall–Kier alpha value is -2.05. The summed E-state index contributed by atoms with van der Waals surface area (Å²) in [6.45, 7) is 2.43. The number of thiophene rings is 1. The zero-order chi connectivity index (χ0) is 16.2. The van der Waals surface area contributed by atoms with Crippen LogP contribution in [0.25, 0.3) is 0 Å². The van der Waals surface area contributed by atoms with Crippen molar-refractivity contribution in [2.45, 2.75) is 6.42 Å². The Morgan fingerprint density at radius 1 is 0.958 bits per heavy atom. The van der Waals surface area contributed by atoms with Crippen LogP contribution in [0.3, 0.4) is 0 Å². The summed E-state index contributed by atoms with van der Waals surface area (Å²) in [4.78, 5) is 28.6. The Kier molecular flexibility index (Phi) is 6.23. The Bertz CT molecular complexity index is 706. The van der Waals surface area contributed by atoms with Gasteiger partial charge in [-0.1, -0.05) is 6.07 Å². The van der Waals surface area contributed by atoms with Crippen molar-refractivity contribution in [2.75, 3.05) is 31.9 Å². The van der Waals surface area contributed by atoms with Crippen molar-refractivity contribution in [1.29, 1.82) is 0 Å². The molecular formula is C17H20ClN3O2S. The van der Waals surface area contributed by atoms with E-state index in [9.17, 15) is 9.59 Å². The highest BCUT2D eigenvalue weighted by Gasteiger charge is 2.23. The van der Waals surface area contributed by atoms with Gasteiger partial charge in [0.1, 0.15) is 0 Å². The smallest absolute Gasteiger partial charge is 0.254 e. The largest absolute Gasteiger partial charge is 0.399 e. The molecule has 2 amide bonds. The molecule has 2 aromatic rings. The maximum atomic E-state index is 12.6. The SMILES string of the molecule is Cl.Nc1cccc(C(=O)N2CCCN(C(=O)c3ccsc3)CC2)c1. The van der Waals surface area contributed by atoms with Crippen LogP contribution in [0.2, 0.25) is 0 Å². The normalized spacial score (nSPS) is 14.7. The summed E-state index contributed by atoms with van der Waals surface area (Å²) in [5.74, 6) is 0.0200. The minimum absolute atomic E-state index is 0. The summed E-state index contributed by atoms with van der Waals surface area (Å²) in [5.41, 5.74) is 7.66. The lowest BCUT2D eigenvalue weighted by atomic mass is 10.1.